The van der Waals surface area contributed by atoms with Crippen molar-refractivity contribution in [3.63, 3.8) is 0 Å². The summed E-state index contributed by atoms with van der Waals surface area (Å²) in [6, 6.07) is 0.357. The fourth-order valence-corrected chi connectivity index (χ4v) is 4.42. The molecule has 2 aromatic heterocycles. The number of hydrogen-bond acceptors (Lipinski definition) is 6. The number of piperidine rings is 1. The van der Waals surface area contributed by atoms with Crippen LogP contribution in [-0.2, 0) is 11.3 Å². The van der Waals surface area contributed by atoms with Crippen LogP contribution in [0.15, 0.2) is 0 Å². The van der Waals surface area contributed by atoms with Crippen molar-refractivity contribution >= 4 is 34.6 Å². The summed E-state index contributed by atoms with van der Waals surface area (Å²) in [7, 11) is 0. The van der Waals surface area contributed by atoms with Gasteiger partial charge in [-0.05, 0) is 32.2 Å². The molecule has 3 N–H and O–H groups in total. The molecule has 0 radical (unpaired) electrons. The largest absolute Gasteiger partial charge is 0.354 e. The van der Waals surface area contributed by atoms with Crippen molar-refractivity contribution in [3.05, 3.63) is 16.4 Å². The number of halogens is 1. The van der Waals surface area contributed by atoms with E-state index in [1.54, 1.807) is 11.3 Å². The van der Waals surface area contributed by atoms with E-state index < -0.39 is 0 Å². The first-order valence-electron chi connectivity index (χ1n) is 9.55. The van der Waals surface area contributed by atoms with Crippen LogP contribution in [0, 0.1) is 6.92 Å². The standard InChI is InChI=1S/C18H30N6OS.ClH/c1-12(2)17-15(24-18(21-17)26-13(3)22-24)11-23-9-5-4-6-14(23)10-20-16(25)7-8-19;/h12,14H,4-11,19H2,1-3H3,(H,20,25);1H. The minimum absolute atomic E-state index is 0. The number of aromatic nitrogens is 3. The van der Waals surface area contributed by atoms with E-state index in [0.29, 0.717) is 31.5 Å². The lowest BCUT2D eigenvalue weighted by atomic mass is 10.0. The van der Waals surface area contributed by atoms with Gasteiger partial charge in [0.2, 0.25) is 10.9 Å². The van der Waals surface area contributed by atoms with Gasteiger partial charge in [0, 0.05) is 32.1 Å². The normalized spacial score (nSPS) is 18.0. The topological polar surface area (TPSA) is 88.5 Å². The highest BCUT2D eigenvalue weighted by Crippen LogP contribution is 2.27. The second-order valence-corrected chi connectivity index (χ2v) is 8.54. The number of aryl methyl sites for hydroxylation is 1. The molecule has 1 aliphatic rings. The maximum Gasteiger partial charge on any atom is 0.221 e. The third-order valence-corrected chi connectivity index (χ3v) is 5.81. The molecule has 27 heavy (non-hydrogen) atoms. The van der Waals surface area contributed by atoms with Crippen LogP contribution in [0.5, 0.6) is 0 Å². The molecule has 0 spiro atoms. The lowest BCUT2D eigenvalue weighted by molar-refractivity contribution is -0.121. The van der Waals surface area contributed by atoms with Crippen molar-refractivity contribution in [2.75, 3.05) is 19.6 Å². The summed E-state index contributed by atoms with van der Waals surface area (Å²) in [5.74, 6) is 0.412. The summed E-state index contributed by atoms with van der Waals surface area (Å²) in [6.45, 7) is 9.35. The molecule has 9 heteroatoms. The predicted octanol–water partition coefficient (Wildman–Crippen LogP) is 2.46. The lowest BCUT2D eigenvalue weighted by Gasteiger charge is -2.35. The van der Waals surface area contributed by atoms with E-state index in [1.165, 1.54) is 18.5 Å². The van der Waals surface area contributed by atoms with E-state index >= 15 is 0 Å². The SMILES string of the molecule is Cc1nn2c(CN3CCCCC3CNC(=O)CCN)c(C(C)C)nc2s1.Cl. The van der Waals surface area contributed by atoms with E-state index in [1.807, 2.05) is 11.4 Å². The minimum atomic E-state index is 0. The van der Waals surface area contributed by atoms with Gasteiger partial charge in [-0.2, -0.15) is 5.10 Å². The van der Waals surface area contributed by atoms with Crippen LogP contribution in [0.3, 0.4) is 0 Å². The molecule has 1 amide bonds. The number of imidazole rings is 1. The quantitative estimate of drug-likeness (QED) is 0.726. The Balaban J connectivity index is 0.00000261. The molecule has 3 rings (SSSR count). The molecular formula is C18H31ClN6OS. The number of nitrogens with zero attached hydrogens (tertiary/aromatic N) is 4. The second-order valence-electron chi connectivity index (χ2n) is 7.38. The molecule has 1 unspecified atom stereocenters. The van der Waals surface area contributed by atoms with Crippen LogP contribution >= 0.6 is 23.7 Å². The molecule has 2 aromatic rings. The minimum Gasteiger partial charge on any atom is -0.354 e. The van der Waals surface area contributed by atoms with Gasteiger partial charge in [0.1, 0.15) is 5.01 Å². The summed E-state index contributed by atoms with van der Waals surface area (Å²) in [4.78, 5) is 20.1. The Hall–Kier alpha value is -1.22. The Labute approximate surface area is 171 Å². The zero-order chi connectivity index (χ0) is 18.7. The third-order valence-electron chi connectivity index (χ3n) is 4.98. The van der Waals surface area contributed by atoms with Crippen LogP contribution in [-0.4, -0.2) is 51.1 Å². The highest BCUT2D eigenvalue weighted by atomic mass is 35.5. The Morgan fingerprint density at radius 2 is 2.19 bits per heavy atom. The first-order chi connectivity index (χ1) is 12.5. The highest BCUT2D eigenvalue weighted by molar-refractivity contribution is 7.16. The molecule has 0 saturated carbocycles. The molecule has 7 nitrogen and oxygen atoms in total. The van der Waals surface area contributed by atoms with Crippen molar-refractivity contribution in [3.8, 4) is 0 Å². The van der Waals surface area contributed by atoms with Gasteiger partial charge in [0.25, 0.3) is 0 Å². The summed E-state index contributed by atoms with van der Waals surface area (Å²) in [6.07, 6.45) is 3.91. The molecule has 0 aliphatic carbocycles. The van der Waals surface area contributed by atoms with E-state index in [9.17, 15) is 4.79 Å². The monoisotopic (exact) mass is 414 g/mol. The van der Waals surface area contributed by atoms with Crippen molar-refractivity contribution < 1.29 is 4.79 Å². The third kappa shape index (κ3) is 5.19. The maximum absolute atomic E-state index is 11.8. The average molecular weight is 415 g/mol. The van der Waals surface area contributed by atoms with Crippen LogP contribution in [0.1, 0.15) is 61.8 Å². The van der Waals surface area contributed by atoms with Gasteiger partial charge in [-0.15, -0.1) is 12.4 Å². The van der Waals surface area contributed by atoms with Crippen LogP contribution in [0.2, 0.25) is 0 Å². The molecule has 1 aliphatic heterocycles. The number of likely N-dealkylation sites (tertiary alicyclic amines) is 1. The summed E-state index contributed by atoms with van der Waals surface area (Å²) >= 11 is 1.64. The molecule has 1 atom stereocenters. The maximum atomic E-state index is 11.8. The number of carbonyl (C=O) groups excluding carboxylic acids is 1. The van der Waals surface area contributed by atoms with E-state index in [4.69, 9.17) is 10.7 Å². The highest BCUT2D eigenvalue weighted by Gasteiger charge is 2.27. The number of amides is 1. The van der Waals surface area contributed by atoms with Gasteiger partial charge in [0.15, 0.2) is 0 Å². The molecule has 3 heterocycles. The number of nitrogens with two attached hydrogens (primary N) is 1. The second kappa shape index (κ2) is 9.82. The number of rotatable bonds is 7. The van der Waals surface area contributed by atoms with Crippen molar-refractivity contribution in [2.24, 2.45) is 5.73 Å². The first-order valence-corrected chi connectivity index (χ1v) is 10.4. The van der Waals surface area contributed by atoms with Gasteiger partial charge >= 0.3 is 0 Å². The predicted molar refractivity (Wildman–Crippen MR) is 112 cm³/mol. The Morgan fingerprint density at radius 1 is 1.41 bits per heavy atom. The van der Waals surface area contributed by atoms with Crippen molar-refractivity contribution in [1.82, 2.24) is 24.8 Å². The zero-order valence-corrected chi connectivity index (χ0v) is 18.0. The van der Waals surface area contributed by atoms with E-state index in [0.717, 1.165) is 35.2 Å². The molecular weight excluding hydrogens is 384 g/mol. The Morgan fingerprint density at radius 3 is 2.89 bits per heavy atom. The fraction of sp³-hybridized carbons (Fsp3) is 0.722. The van der Waals surface area contributed by atoms with Gasteiger partial charge in [0.05, 0.1) is 11.4 Å². The molecule has 0 bridgehead atoms. The van der Waals surface area contributed by atoms with E-state index in [2.05, 4.69) is 29.2 Å². The molecule has 0 aromatic carbocycles. The number of carbonyl (C=O) groups is 1. The van der Waals surface area contributed by atoms with Crippen LogP contribution in [0.25, 0.3) is 4.96 Å². The summed E-state index contributed by atoms with van der Waals surface area (Å²) in [5, 5.41) is 8.75. The van der Waals surface area contributed by atoms with Crippen LogP contribution in [0.4, 0.5) is 0 Å². The van der Waals surface area contributed by atoms with Crippen LogP contribution < -0.4 is 11.1 Å². The average Bonchev–Trinajstić information content (AvgIpc) is 3.11. The summed E-state index contributed by atoms with van der Waals surface area (Å²) in [5.41, 5.74) is 7.80. The van der Waals surface area contributed by atoms with Gasteiger partial charge in [-0.25, -0.2) is 9.50 Å². The zero-order valence-electron chi connectivity index (χ0n) is 16.4. The summed E-state index contributed by atoms with van der Waals surface area (Å²) < 4.78 is 2.02. The molecule has 1 fully saturated rings. The number of nitrogens with one attached hydrogen (secondary N) is 1. The molecule has 1 saturated heterocycles. The van der Waals surface area contributed by atoms with Crippen molar-refractivity contribution in [1.29, 1.82) is 0 Å². The molecule has 152 valence electrons. The smallest absolute Gasteiger partial charge is 0.221 e. The fourth-order valence-electron chi connectivity index (χ4n) is 3.65. The van der Waals surface area contributed by atoms with Gasteiger partial charge in [-0.1, -0.05) is 31.6 Å². The Bertz CT molecular complexity index is 758. The number of fused-ring (bicyclic) bond motifs is 1. The van der Waals surface area contributed by atoms with Gasteiger partial charge in [-0.3, -0.25) is 9.69 Å². The van der Waals surface area contributed by atoms with Crippen molar-refractivity contribution in [2.45, 2.75) is 65.0 Å². The first kappa shape index (κ1) is 22.1. The van der Waals surface area contributed by atoms with E-state index in [-0.39, 0.29) is 18.3 Å². The Kier molecular flexibility index (Phi) is 8.03. The lowest BCUT2D eigenvalue weighted by Crippen LogP contribution is -2.46. The number of hydrogen-bond donors (Lipinski definition) is 2. The van der Waals surface area contributed by atoms with Gasteiger partial charge < -0.3 is 11.1 Å².